The van der Waals surface area contributed by atoms with E-state index in [-0.39, 0.29) is 5.41 Å². The summed E-state index contributed by atoms with van der Waals surface area (Å²) in [6.07, 6.45) is 0. The summed E-state index contributed by atoms with van der Waals surface area (Å²) in [4.78, 5) is 23.0. The van der Waals surface area contributed by atoms with Crippen molar-refractivity contribution in [1.29, 1.82) is 0 Å². The van der Waals surface area contributed by atoms with Crippen molar-refractivity contribution in [2.24, 2.45) is 5.73 Å². The number of nitrogens with one attached hydrogen (secondary N) is 1. The summed E-state index contributed by atoms with van der Waals surface area (Å²) in [5.41, 5.74) is 4.96. The standard InChI is InChI=1S/C11H16N2O3S/c1-11(2,7-4-3-5-17-7)6-13-9(14)8(12)10(15)16/h3-5,8H,6,12H2,1-2H3,(H,13,14)(H,15,16). The first-order valence-corrected chi connectivity index (χ1v) is 6.02. The maximum atomic E-state index is 11.4. The van der Waals surface area contributed by atoms with E-state index in [9.17, 15) is 9.59 Å². The first kappa shape index (κ1) is 13.7. The zero-order valence-electron chi connectivity index (χ0n) is 9.77. The van der Waals surface area contributed by atoms with Crippen molar-refractivity contribution in [2.75, 3.05) is 6.54 Å². The fraction of sp³-hybridized carbons (Fsp3) is 0.455. The van der Waals surface area contributed by atoms with Crippen molar-refractivity contribution in [3.8, 4) is 0 Å². The van der Waals surface area contributed by atoms with Crippen LogP contribution < -0.4 is 11.1 Å². The molecule has 1 heterocycles. The first-order chi connectivity index (χ1) is 7.84. The van der Waals surface area contributed by atoms with E-state index in [4.69, 9.17) is 10.8 Å². The maximum absolute atomic E-state index is 11.4. The maximum Gasteiger partial charge on any atom is 0.330 e. The second-order valence-electron chi connectivity index (χ2n) is 4.39. The predicted octanol–water partition coefficient (Wildman–Crippen LogP) is 0.554. The number of thiophene rings is 1. The van der Waals surface area contributed by atoms with Crippen molar-refractivity contribution < 1.29 is 14.7 Å². The quantitative estimate of drug-likeness (QED) is 0.671. The number of hydrogen-bond donors (Lipinski definition) is 3. The van der Waals surface area contributed by atoms with Crippen LogP contribution in [0, 0.1) is 0 Å². The summed E-state index contributed by atoms with van der Waals surface area (Å²) in [5.74, 6) is -1.99. The van der Waals surface area contributed by atoms with Gasteiger partial charge in [0.15, 0.2) is 6.04 Å². The van der Waals surface area contributed by atoms with Gasteiger partial charge in [-0.05, 0) is 11.4 Å². The fourth-order valence-corrected chi connectivity index (χ4v) is 2.13. The Hall–Kier alpha value is -1.40. The van der Waals surface area contributed by atoms with E-state index in [1.165, 1.54) is 0 Å². The van der Waals surface area contributed by atoms with E-state index >= 15 is 0 Å². The molecule has 0 aromatic carbocycles. The SMILES string of the molecule is CC(C)(CNC(=O)C(N)C(=O)O)c1cccs1. The van der Waals surface area contributed by atoms with E-state index in [2.05, 4.69) is 5.32 Å². The highest BCUT2D eigenvalue weighted by molar-refractivity contribution is 7.10. The van der Waals surface area contributed by atoms with Gasteiger partial charge in [0, 0.05) is 16.8 Å². The third-order valence-electron chi connectivity index (χ3n) is 2.44. The lowest BCUT2D eigenvalue weighted by atomic mass is 9.91. The smallest absolute Gasteiger partial charge is 0.330 e. The van der Waals surface area contributed by atoms with Crippen molar-refractivity contribution in [1.82, 2.24) is 5.32 Å². The van der Waals surface area contributed by atoms with Crippen LogP contribution in [-0.4, -0.2) is 29.6 Å². The van der Waals surface area contributed by atoms with E-state index in [1.807, 2.05) is 31.4 Å². The highest BCUT2D eigenvalue weighted by atomic mass is 32.1. The molecule has 0 bridgehead atoms. The molecule has 0 fully saturated rings. The molecule has 1 rings (SSSR count). The van der Waals surface area contributed by atoms with Gasteiger partial charge >= 0.3 is 5.97 Å². The summed E-state index contributed by atoms with van der Waals surface area (Å²) >= 11 is 1.60. The molecule has 1 atom stereocenters. The van der Waals surface area contributed by atoms with Gasteiger partial charge in [-0.1, -0.05) is 19.9 Å². The van der Waals surface area contributed by atoms with Crippen molar-refractivity contribution >= 4 is 23.2 Å². The van der Waals surface area contributed by atoms with Gasteiger partial charge in [0.2, 0.25) is 5.91 Å². The molecule has 0 aliphatic carbocycles. The summed E-state index contributed by atoms with van der Waals surface area (Å²) in [5, 5.41) is 13.1. The van der Waals surface area contributed by atoms with Crippen LogP contribution in [0.4, 0.5) is 0 Å². The molecule has 94 valence electrons. The fourth-order valence-electron chi connectivity index (χ4n) is 1.28. The molecule has 0 saturated carbocycles. The Balaban J connectivity index is 2.56. The van der Waals surface area contributed by atoms with Crippen molar-refractivity contribution in [3.05, 3.63) is 22.4 Å². The number of rotatable bonds is 5. The van der Waals surface area contributed by atoms with Gasteiger partial charge in [-0.3, -0.25) is 4.79 Å². The van der Waals surface area contributed by atoms with E-state index in [1.54, 1.807) is 11.3 Å². The molecule has 0 radical (unpaired) electrons. The number of carbonyl (C=O) groups is 2. The van der Waals surface area contributed by atoms with E-state index < -0.39 is 17.9 Å². The van der Waals surface area contributed by atoms with Gasteiger partial charge < -0.3 is 16.2 Å². The molecule has 1 amide bonds. The van der Waals surface area contributed by atoms with Gasteiger partial charge in [-0.25, -0.2) is 4.79 Å². The Labute approximate surface area is 104 Å². The Morgan fingerprint density at radius 2 is 2.24 bits per heavy atom. The van der Waals surface area contributed by atoms with Crippen LogP contribution in [0.2, 0.25) is 0 Å². The summed E-state index contributed by atoms with van der Waals surface area (Å²) in [7, 11) is 0. The zero-order valence-corrected chi connectivity index (χ0v) is 10.6. The Kier molecular flexibility index (Phi) is 4.25. The third-order valence-corrected chi connectivity index (χ3v) is 3.68. The Morgan fingerprint density at radius 3 is 2.71 bits per heavy atom. The van der Waals surface area contributed by atoms with Gasteiger partial charge in [0.1, 0.15) is 0 Å². The number of carboxylic acids is 1. The average molecular weight is 256 g/mol. The molecule has 1 aromatic heterocycles. The van der Waals surface area contributed by atoms with Crippen LogP contribution >= 0.6 is 11.3 Å². The number of carboxylic acid groups (broad SMARTS) is 1. The molecular formula is C11H16N2O3S. The molecule has 0 aliphatic heterocycles. The van der Waals surface area contributed by atoms with Crippen molar-refractivity contribution in [3.63, 3.8) is 0 Å². The largest absolute Gasteiger partial charge is 0.480 e. The lowest BCUT2D eigenvalue weighted by molar-refractivity contribution is -0.142. The predicted molar refractivity (Wildman–Crippen MR) is 66.0 cm³/mol. The molecule has 6 heteroatoms. The summed E-state index contributed by atoms with van der Waals surface area (Å²) in [6.45, 7) is 4.31. The van der Waals surface area contributed by atoms with Gasteiger partial charge in [0.05, 0.1) is 0 Å². The molecule has 0 aliphatic rings. The average Bonchev–Trinajstić information content (AvgIpc) is 2.78. The number of aliphatic carboxylic acids is 1. The molecule has 1 unspecified atom stereocenters. The monoisotopic (exact) mass is 256 g/mol. The molecule has 1 aromatic rings. The zero-order chi connectivity index (χ0) is 13.1. The normalized spacial score (nSPS) is 13.1. The van der Waals surface area contributed by atoms with E-state index in [0.29, 0.717) is 6.54 Å². The number of carbonyl (C=O) groups excluding carboxylic acids is 1. The Morgan fingerprint density at radius 1 is 1.59 bits per heavy atom. The molecule has 0 spiro atoms. The number of hydrogen-bond acceptors (Lipinski definition) is 4. The molecule has 5 nitrogen and oxygen atoms in total. The number of amides is 1. The van der Waals surface area contributed by atoms with Crippen LogP contribution in [0.15, 0.2) is 17.5 Å². The molecule has 0 saturated heterocycles. The second kappa shape index (κ2) is 5.29. The molecular weight excluding hydrogens is 240 g/mol. The van der Waals surface area contributed by atoms with Crippen LogP contribution in [-0.2, 0) is 15.0 Å². The van der Waals surface area contributed by atoms with Crippen molar-refractivity contribution in [2.45, 2.75) is 25.3 Å². The van der Waals surface area contributed by atoms with Gasteiger partial charge in [-0.15, -0.1) is 11.3 Å². The summed E-state index contributed by atoms with van der Waals surface area (Å²) in [6, 6.07) is 2.41. The van der Waals surface area contributed by atoms with Crippen LogP contribution in [0.5, 0.6) is 0 Å². The lowest BCUT2D eigenvalue weighted by Gasteiger charge is -2.24. The molecule has 17 heavy (non-hydrogen) atoms. The minimum Gasteiger partial charge on any atom is -0.480 e. The first-order valence-electron chi connectivity index (χ1n) is 5.14. The Bertz CT molecular complexity index is 401. The number of nitrogens with two attached hydrogens (primary N) is 1. The third kappa shape index (κ3) is 3.54. The summed E-state index contributed by atoms with van der Waals surface area (Å²) < 4.78 is 0. The molecule has 4 N–H and O–H groups in total. The van der Waals surface area contributed by atoms with Crippen LogP contribution in [0.3, 0.4) is 0 Å². The van der Waals surface area contributed by atoms with Gasteiger partial charge in [0.25, 0.3) is 0 Å². The van der Waals surface area contributed by atoms with Gasteiger partial charge in [-0.2, -0.15) is 0 Å². The second-order valence-corrected chi connectivity index (χ2v) is 5.34. The minimum atomic E-state index is -1.51. The van der Waals surface area contributed by atoms with E-state index in [0.717, 1.165) is 4.88 Å². The highest BCUT2D eigenvalue weighted by Crippen LogP contribution is 2.26. The topological polar surface area (TPSA) is 92.4 Å². The van der Waals surface area contributed by atoms with Crippen LogP contribution in [0.25, 0.3) is 0 Å². The lowest BCUT2D eigenvalue weighted by Crippen LogP contribution is -2.48. The highest BCUT2D eigenvalue weighted by Gasteiger charge is 2.26. The van der Waals surface area contributed by atoms with Crippen LogP contribution in [0.1, 0.15) is 18.7 Å². The minimum absolute atomic E-state index is 0.234.